The SMILES string of the molecule is COc1cccc(/C=N/NC(=O)c2ccccc2F)c1OC. The van der Waals surface area contributed by atoms with Crippen molar-refractivity contribution in [3.8, 4) is 11.5 Å². The van der Waals surface area contributed by atoms with Gasteiger partial charge in [0.1, 0.15) is 5.82 Å². The van der Waals surface area contributed by atoms with Crippen LogP contribution in [0.2, 0.25) is 0 Å². The van der Waals surface area contributed by atoms with E-state index >= 15 is 0 Å². The van der Waals surface area contributed by atoms with Crippen molar-refractivity contribution in [1.82, 2.24) is 5.43 Å². The van der Waals surface area contributed by atoms with Crippen molar-refractivity contribution in [2.75, 3.05) is 14.2 Å². The zero-order valence-electron chi connectivity index (χ0n) is 12.2. The molecule has 0 spiro atoms. The zero-order valence-corrected chi connectivity index (χ0v) is 12.2. The lowest BCUT2D eigenvalue weighted by molar-refractivity contribution is 0.0951. The van der Waals surface area contributed by atoms with Crippen molar-refractivity contribution >= 4 is 12.1 Å². The third-order valence-electron chi connectivity index (χ3n) is 2.92. The number of rotatable bonds is 5. The van der Waals surface area contributed by atoms with Crippen LogP contribution in [0.25, 0.3) is 0 Å². The molecule has 0 unspecified atom stereocenters. The van der Waals surface area contributed by atoms with Gasteiger partial charge in [0.25, 0.3) is 5.91 Å². The number of carbonyl (C=O) groups excluding carboxylic acids is 1. The highest BCUT2D eigenvalue weighted by Gasteiger charge is 2.10. The molecule has 0 heterocycles. The highest BCUT2D eigenvalue weighted by atomic mass is 19.1. The minimum atomic E-state index is -0.629. The quantitative estimate of drug-likeness (QED) is 0.682. The van der Waals surface area contributed by atoms with E-state index in [0.717, 1.165) is 0 Å². The van der Waals surface area contributed by atoms with Crippen molar-refractivity contribution in [2.45, 2.75) is 0 Å². The number of hydrogen-bond acceptors (Lipinski definition) is 4. The Balaban J connectivity index is 2.13. The standard InChI is InChI=1S/C16H15FN2O3/c1-21-14-9-5-6-11(15(14)22-2)10-18-19-16(20)12-7-3-4-8-13(12)17/h3-10H,1-2H3,(H,19,20)/b18-10+. The first-order chi connectivity index (χ1) is 10.7. The van der Waals surface area contributed by atoms with Crippen LogP contribution in [0.4, 0.5) is 4.39 Å². The third kappa shape index (κ3) is 3.41. The molecule has 2 aromatic carbocycles. The number of benzene rings is 2. The predicted molar refractivity (Wildman–Crippen MR) is 81.0 cm³/mol. The Morgan fingerprint density at radius 2 is 1.91 bits per heavy atom. The molecule has 1 N–H and O–H groups in total. The van der Waals surface area contributed by atoms with Crippen LogP contribution in [-0.4, -0.2) is 26.3 Å². The van der Waals surface area contributed by atoms with Crippen LogP contribution in [-0.2, 0) is 0 Å². The Morgan fingerprint density at radius 3 is 2.59 bits per heavy atom. The fourth-order valence-corrected chi connectivity index (χ4v) is 1.88. The maximum Gasteiger partial charge on any atom is 0.274 e. The first-order valence-corrected chi connectivity index (χ1v) is 6.46. The first kappa shape index (κ1) is 15.5. The predicted octanol–water partition coefficient (Wildman–Crippen LogP) is 2.61. The van der Waals surface area contributed by atoms with Crippen LogP contribution in [0, 0.1) is 5.82 Å². The lowest BCUT2D eigenvalue weighted by Crippen LogP contribution is -2.19. The van der Waals surface area contributed by atoms with Crippen molar-refractivity contribution in [3.05, 3.63) is 59.4 Å². The first-order valence-electron chi connectivity index (χ1n) is 6.46. The van der Waals surface area contributed by atoms with E-state index in [4.69, 9.17) is 9.47 Å². The Hall–Kier alpha value is -2.89. The van der Waals surface area contributed by atoms with Gasteiger partial charge in [-0.05, 0) is 24.3 Å². The molecule has 1 amide bonds. The molecule has 2 rings (SSSR count). The molecule has 0 aliphatic carbocycles. The molecule has 0 aromatic heterocycles. The normalized spacial score (nSPS) is 10.5. The smallest absolute Gasteiger partial charge is 0.274 e. The number of para-hydroxylation sites is 1. The Morgan fingerprint density at radius 1 is 1.14 bits per heavy atom. The van der Waals surface area contributed by atoms with Gasteiger partial charge in [-0.15, -0.1) is 0 Å². The number of carbonyl (C=O) groups is 1. The summed E-state index contributed by atoms with van der Waals surface area (Å²) in [4.78, 5) is 11.8. The van der Waals surface area contributed by atoms with Gasteiger partial charge in [0.2, 0.25) is 0 Å². The molecule has 0 saturated heterocycles. The average Bonchev–Trinajstić information content (AvgIpc) is 2.54. The van der Waals surface area contributed by atoms with E-state index < -0.39 is 11.7 Å². The summed E-state index contributed by atoms with van der Waals surface area (Å²) in [5, 5.41) is 3.82. The number of nitrogens with zero attached hydrogens (tertiary/aromatic N) is 1. The second-order valence-corrected chi connectivity index (χ2v) is 4.26. The second-order valence-electron chi connectivity index (χ2n) is 4.26. The highest BCUT2D eigenvalue weighted by molar-refractivity contribution is 5.95. The molecular formula is C16H15FN2O3. The summed E-state index contributed by atoms with van der Waals surface area (Å²) < 4.78 is 23.9. The summed E-state index contributed by atoms with van der Waals surface area (Å²) in [6, 6.07) is 10.9. The topological polar surface area (TPSA) is 59.9 Å². The Bertz CT molecular complexity index is 702. The minimum Gasteiger partial charge on any atom is -0.493 e. The van der Waals surface area contributed by atoms with E-state index in [1.54, 1.807) is 24.3 Å². The fraction of sp³-hybridized carbons (Fsp3) is 0.125. The summed E-state index contributed by atoms with van der Waals surface area (Å²) in [6.07, 6.45) is 1.40. The van der Waals surface area contributed by atoms with Gasteiger partial charge >= 0.3 is 0 Å². The van der Waals surface area contributed by atoms with Crippen LogP contribution < -0.4 is 14.9 Å². The number of methoxy groups -OCH3 is 2. The number of hydrogen-bond donors (Lipinski definition) is 1. The molecule has 114 valence electrons. The second kappa shape index (κ2) is 7.21. The van der Waals surface area contributed by atoms with Gasteiger partial charge in [0.05, 0.1) is 26.0 Å². The largest absolute Gasteiger partial charge is 0.493 e. The molecule has 0 radical (unpaired) electrons. The van der Waals surface area contributed by atoms with E-state index in [1.807, 2.05) is 0 Å². The molecule has 0 saturated carbocycles. The van der Waals surface area contributed by atoms with Crippen LogP contribution in [0.1, 0.15) is 15.9 Å². The maximum absolute atomic E-state index is 13.5. The molecule has 0 aliphatic heterocycles. The molecule has 0 aliphatic rings. The monoisotopic (exact) mass is 302 g/mol. The van der Waals surface area contributed by atoms with Gasteiger partial charge < -0.3 is 9.47 Å². The number of amides is 1. The summed E-state index contributed by atoms with van der Waals surface area (Å²) in [6.45, 7) is 0. The molecular weight excluding hydrogens is 287 g/mol. The lowest BCUT2D eigenvalue weighted by Gasteiger charge is -2.09. The molecule has 5 nitrogen and oxygen atoms in total. The van der Waals surface area contributed by atoms with Gasteiger partial charge in [0.15, 0.2) is 11.5 Å². The Kier molecular flexibility index (Phi) is 5.08. The van der Waals surface area contributed by atoms with E-state index in [-0.39, 0.29) is 5.56 Å². The lowest BCUT2D eigenvalue weighted by atomic mass is 10.2. The molecule has 6 heteroatoms. The number of nitrogens with one attached hydrogen (secondary N) is 1. The van der Waals surface area contributed by atoms with E-state index in [1.165, 1.54) is 38.6 Å². The number of hydrazone groups is 1. The third-order valence-corrected chi connectivity index (χ3v) is 2.92. The summed E-state index contributed by atoms with van der Waals surface area (Å²) >= 11 is 0. The van der Waals surface area contributed by atoms with Crippen molar-refractivity contribution in [2.24, 2.45) is 5.10 Å². The van der Waals surface area contributed by atoms with Crippen LogP contribution in [0.3, 0.4) is 0 Å². The number of halogens is 1. The summed E-state index contributed by atoms with van der Waals surface area (Å²) in [7, 11) is 3.03. The zero-order chi connectivity index (χ0) is 15.9. The minimum absolute atomic E-state index is 0.0720. The van der Waals surface area contributed by atoms with E-state index in [0.29, 0.717) is 17.1 Å². The van der Waals surface area contributed by atoms with Crippen LogP contribution >= 0.6 is 0 Å². The van der Waals surface area contributed by atoms with Gasteiger partial charge in [-0.3, -0.25) is 4.79 Å². The van der Waals surface area contributed by atoms with Crippen molar-refractivity contribution < 1.29 is 18.7 Å². The van der Waals surface area contributed by atoms with Crippen molar-refractivity contribution in [1.29, 1.82) is 0 Å². The molecule has 2 aromatic rings. The Labute approximate surface area is 127 Å². The molecule has 22 heavy (non-hydrogen) atoms. The molecule has 0 fully saturated rings. The number of ether oxygens (including phenoxy) is 2. The maximum atomic E-state index is 13.5. The van der Waals surface area contributed by atoms with Gasteiger partial charge in [-0.2, -0.15) is 5.10 Å². The molecule has 0 atom stereocenters. The van der Waals surface area contributed by atoms with Gasteiger partial charge in [-0.1, -0.05) is 18.2 Å². The average molecular weight is 302 g/mol. The summed E-state index contributed by atoms with van der Waals surface area (Å²) in [5.41, 5.74) is 2.82. The van der Waals surface area contributed by atoms with Crippen LogP contribution in [0.15, 0.2) is 47.6 Å². The van der Waals surface area contributed by atoms with Crippen LogP contribution in [0.5, 0.6) is 11.5 Å². The fourth-order valence-electron chi connectivity index (χ4n) is 1.88. The summed E-state index contributed by atoms with van der Waals surface area (Å²) in [5.74, 6) is -0.189. The molecule has 0 bridgehead atoms. The van der Waals surface area contributed by atoms with Gasteiger partial charge in [0, 0.05) is 5.56 Å². The van der Waals surface area contributed by atoms with E-state index in [2.05, 4.69) is 10.5 Å². The van der Waals surface area contributed by atoms with Crippen molar-refractivity contribution in [3.63, 3.8) is 0 Å². The highest BCUT2D eigenvalue weighted by Crippen LogP contribution is 2.29. The van der Waals surface area contributed by atoms with Gasteiger partial charge in [-0.25, -0.2) is 9.82 Å². The van der Waals surface area contributed by atoms with E-state index in [9.17, 15) is 9.18 Å².